The average molecular weight is 429 g/mol. The molecule has 2 aromatic heterocycles. The fourth-order valence-corrected chi connectivity index (χ4v) is 4.72. The zero-order valence-electron chi connectivity index (χ0n) is 14.1. The second kappa shape index (κ2) is 7.78. The normalized spacial score (nSPS) is 12.1. The van der Waals surface area contributed by atoms with Crippen LogP contribution in [0, 0.1) is 0 Å². The van der Waals surface area contributed by atoms with E-state index in [1.54, 1.807) is 12.1 Å². The lowest BCUT2D eigenvalue weighted by atomic mass is 10.1. The maximum Gasteiger partial charge on any atom is 0.573 e. The maximum atomic E-state index is 12.6. The largest absolute Gasteiger partial charge is 0.573 e. The number of aromatic nitrogens is 1. The first kappa shape index (κ1) is 20.1. The number of nitrogen functional groups attached to an aromatic ring is 1. The van der Waals surface area contributed by atoms with Crippen LogP contribution in [0.15, 0.2) is 58.9 Å². The van der Waals surface area contributed by atoms with E-state index in [1.807, 2.05) is 0 Å². The Kier molecular flexibility index (Phi) is 5.59. The van der Waals surface area contributed by atoms with E-state index in [0.29, 0.717) is 10.4 Å². The maximum absolute atomic E-state index is 12.6. The molecule has 0 amide bonds. The van der Waals surface area contributed by atoms with Gasteiger partial charge >= 0.3 is 6.36 Å². The molecular formula is C17H14F3N3O3S2. The fourth-order valence-electron chi connectivity index (χ4n) is 2.34. The molecule has 0 saturated heterocycles. The predicted octanol–water partition coefficient (Wildman–Crippen LogP) is 3.77. The van der Waals surface area contributed by atoms with Gasteiger partial charge in [-0.2, -0.15) is 0 Å². The molecule has 0 aliphatic carbocycles. The quantitative estimate of drug-likeness (QED) is 0.622. The Morgan fingerprint density at radius 1 is 1.11 bits per heavy atom. The van der Waals surface area contributed by atoms with Crippen molar-refractivity contribution in [1.82, 2.24) is 9.71 Å². The van der Waals surface area contributed by atoms with Crippen LogP contribution in [0.2, 0.25) is 0 Å². The van der Waals surface area contributed by atoms with Crippen LogP contribution in [0.4, 0.5) is 19.0 Å². The first-order chi connectivity index (χ1) is 13.2. The third-order valence-corrected chi connectivity index (χ3v) is 6.61. The molecule has 11 heteroatoms. The zero-order valence-corrected chi connectivity index (χ0v) is 15.7. The molecule has 3 N–H and O–H groups in total. The van der Waals surface area contributed by atoms with Crippen molar-refractivity contribution in [2.45, 2.75) is 17.1 Å². The topological polar surface area (TPSA) is 94.3 Å². The number of hydrogen-bond acceptors (Lipinski definition) is 6. The number of halogens is 3. The summed E-state index contributed by atoms with van der Waals surface area (Å²) in [7, 11) is -3.89. The SMILES string of the molecule is Nc1ncccc1CNS(=O)(=O)c1ccc(-c2ccccc2OC(F)(F)F)s1. The minimum Gasteiger partial charge on any atom is -0.405 e. The molecule has 0 atom stereocenters. The third kappa shape index (κ3) is 4.80. The third-order valence-electron chi connectivity index (χ3n) is 3.60. The molecule has 0 saturated carbocycles. The lowest BCUT2D eigenvalue weighted by Crippen LogP contribution is -2.23. The Labute approximate surface area is 162 Å². The van der Waals surface area contributed by atoms with Gasteiger partial charge in [0.05, 0.1) is 0 Å². The minimum atomic E-state index is -4.85. The van der Waals surface area contributed by atoms with Crippen LogP contribution in [0.1, 0.15) is 5.56 Å². The molecule has 0 unspecified atom stereocenters. The van der Waals surface area contributed by atoms with Crippen LogP contribution in [-0.2, 0) is 16.6 Å². The first-order valence-electron chi connectivity index (χ1n) is 7.80. The summed E-state index contributed by atoms with van der Waals surface area (Å²) in [6.45, 7) is -0.0665. The summed E-state index contributed by atoms with van der Waals surface area (Å²) in [5, 5.41) is 0. The molecule has 0 fully saturated rings. The number of benzene rings is 1. The number of anilines is 1. The second-order valence-electron chi connectivity index (χ2n) is 5.53. The van der Waals surface area contributed by atoms with Gasteiger partial charge in [0, 0.05) is 28.7 Å². The summed E-state index contributed by atoms with van der Waals surface area (Å²) in [5.74, 6) is -0.202. The summed E-state index contributed by atoms with van der Waals surface area (Å²) in [5.41, 5.74) is 6.33. The minimum absolute atomic E-state index is 0.0493. The number of thiophene rings is 1. The van der Waals surface area contributed by atoms with Gasteiger partial charge in [-0.3, -0.25) is 0 Å². The number of alkyl halides is 3. The molecular weight excluding hydrogens is 415 g/mol. The van der Waals surface area contributed by atoms with Crippen LogP contribution < -0.4 is 15.2 Å². The van der Waals surface area contributed by atoms with Gasteiger partial charge in [0.1, 0.15) is 15.8 Å². The Morgan fingerprint density at radius 3 is 2.57 bits per heavy atom. The Morgan fingerprint density at radius 2 is 1.86 bits per heavy atom. The van der Waals surface area contributed by atoms with Gasteiger partial charge in [0.2, 0.25) is 10.0 Å². The Balaban J connectivity index is 1.83. The lowest BCUT2D eigenvalue weighted by molar-refractivity contribution is -0.274. The summed E-state index contributed by atoms with van der Waals surface area (Å²) < 4.78 is 69.1. The van der Waals surface area contributed by atoms with Gasteiger partial charge in [-0.1, -0.05) is 18.2 Å². The standard InChI is InChI=1S/C17H14F3N3O3S2/c18-17(19,20)26-13-6-2-1-5-12(13)14-7-8-15(27-14)28(24,25)23-10-11-4-3-9-22-16(11)21/h1-9,23H,10H2,(H2,21,22). The van der Waals surface area contributed by atoms with Gasteiger partial charge in [-0.25, -0.2) is 18.1 Å². The predicted molar refractivity (Wildman–Crippen MR) is 99.1 cm³/mol. The van der Waals surface area contributed by atoms with E-state index < -0.39 is 22.1 Å². The van der Waals surface area contributed by atoms with Crippen molar-refractivity contribution in [1.29, 1.82) is 0 Å². The zero-order chi connectivity index (χ0) is 20.4. The molecule has 3 rings (SSSR count). The van der Waals surface area contributed by atoms with E-state index in [2.05, 4.69) is 14.4 Å². The van der Waals surface area contributed by atoms with Gasteiger partial charge in [-0.15, -0.1) is 24.5 Å². The number of pyridine rings is 1. The molecule has 148 valence electrons. The summed E-state index contributed by atoms with van der Waals surface area (Å²) >= 11 is 0.828. The van der Waals surface area contributed by atoms with Crippen molar-refractivity contribution < 1.29 is 26.3 Å². The molecule has 0 spiro atoms. The smallest absolute Gasteiger partial charge is 0.405 e. The van der Waals surface area contributed by atoms with Gasteiger partial charge in [0.25, 0.3) is 0 Å². The number of nitrogens with one attached hydrogen (secondary N) is 1. The Hall–Kier alpha value is -2.63. The monoisotopic (exact) mass is 429 g/mol. The van der Waals surface area contributed by atoms with Crippen molar-refractivity contribution in [3.8, 4) is 16.2 Å². The van der Waals surface area contributed by atoms with Gasteiger partial charge in [-0.05, 0) is 30.3 Å². The highest BCUT2D eigenvalue weighted by molar-refractivity contribution is 7.91. The summed E-state index contributed by atoms with van der Waals surface area (Å²) in [6, 6.07) is 11.5. The van der Waals surface area contributed by atoms with Crippen LogP contribution in [-0.4, -0.2) is 19.8 Å². The number of hydrogen-bond donors (Lipinski definition) is 2. The van der Waals surface area contributed by atoms with E-state index in [9.17, 15) is 21.6 Å². The highest BCUT2D eigenvalue weighted by Gasteiger charge is 2.32. The molecule has 0 aliphatic heterocycles. The molecule has 0 radical (unpaired) electrons. The molecule has 0 bridgehead atoms. The van der Waals surface area contributed by atoms with Gasteiger partial charge < -0.3 is 10.5 Å². The number of rotatable bonds is 6. The van der Waals surface area contributed by atoms with E-state index in [4.69, 9.17) is 5.73 Å². The fraction of sp³-hybridized carbons (Fsp3) is 0.118. The Bertz CT molecular complexity index is 1080. The average Bonchev–Trinajstić information content (AvgIpc) is 3.11. The molecule has 0 aliphatic rings. The van der Waals surface area contributed by atoms with E-state index in [-0.39, 0.29) is 22.1 Å². The van der Waals surface area contributed by atoms with E-state index in [1.165, 1.54) is 42.6 Å². The van der Waals surface area contributed by atoms with Crippen molar-refractivity contribution >= 4 is 27.2 Å². The number of ether oxygens (including phenoxy) is 1. The molecule has 2 heterocycles. The molecule has 1 aromatic carbocycles. The highest BCUT2D eigenvalue weighted by atomic mass is 32.2. The number of nitrogens with zero attached hydrogens (tertiary/aromatic N) is 1. The highest BCUT2D eigenvalue weighted by Crippen LogP contribution is 2.38. The van der Waals surface area contributed by atoms with Crippen LogP contribution in [0.3, 0.4) is 0 Å². The number of para-hydroxylation sites is 1. The lowest BCUT2D eigenvalue weighted by Gasteiger charge is -2.12. The summed E-state index contributed by atoms with van der Waals surface area (Å²) in [6.07, 6.45) is -3.37. The van der Waals surface area contributed by atoms with Gasteiger partial charge in [0.15, 0.2) is 0 Å². The molecule has 3 aromatic rings. The first-order valence-corrected chi connectivity index (χ1v) is 10.1. The molecule has 6 nitrogen and oxygen atoms in total. The van der Waals surface area contributed by atoms with Crippen LogP contribution >= 0.6 is 11.3 Å². The second-order valence-corrected chi connectivity index (χ2v) is 8.61. The van der Waals surface area contributed by atoms with Crippen LogP contribution in [0.5, 0.6) is 5.75 Å². The van der Waals surface area contributed by atoms with Crippen LogP contribution in [0.25, 0.3) is 10.4 Å². The van der Waals surface area contributed by atoms with E-state index in [0.717, 1.165) is 11.3 Å². The summed E-state index contributed by atoms with van der Waals surface area (Å²) in [4.78, 5) is 4.20. The van der Waals surface area contributed by atoms with Crippen molar-refractivity contribution in [3.05, 3.63) is 60.3 Å². The number of sulfonamides is 1. The van der Waals surface area contributed by atoms with Crippen molar-refractivity contribution in [2.75, 3.05) is 5.73 Å². The van der Waals surface area contributed by atoms with E-state index >= 15 is 0 Å². The number of nitrogens with two attached hydrogens (primary N) is 1. The van der Waals surface area contributed by atoms with Crippen molar-refractivity contribution in [2.24, 2.45) is 0 Å². The molecule has 28 heavy (non-hydrogen) atoms. The van der Waals surface area contributed by atoms with Crippen molar-refractivity contribution in [3.63, 3.8) is 0 Å².